The Bertz CT molecular complexity index is 1110. The van der Waals surface area contributed by atoms with Crippen LogP contribution in [0.25, 0.3) is 17.1 Å². The highest BCUT2D eigenvalue weighted by Gasteiger charge is 2.13. The highest BCUT2D eigenvalue weighted by atomic mass is 35.5. The Morgan fingerprint density at radius 3 is 2.81 bits per heavy atom. The molecule has 4 aromatic rings. The number of furan rings is 1. The first-order chi connectivity index (χ1) is 13.1. The fraction of sp³-hybridized carbons (Fsp3) is 0.0588. The van der Waals surface area contributed by atoms with Crippen LogP contribution in [0.5, 0.6) is 0 Å². The quantitative estimate of drug-likeness (QED) is 0.481. The number of thioether (sulfide) groups is 1. The standard InChI is InChI=1S/C17H11Cl2N5O2S/c18-11-4-3-10(8-12(11)19)20-16(25)9-27-17-22-21-15-6-5-13(23-24(15)17)14-2-1-7-26-14/h1-8H,9H2,(H,20,25). The molecule has 27 heavy (non-hydrogen) atoms. The fourth-order valence-electron chi connectivity index (χ4n) is 2.32. The molecule has 0 radical (unpaired) electrons. The van der Waals surface area contributed by atoms with E-state index in [2.05, 4.69) is 20.6 Å². The third-order valence-electron chi connectivity index (χ3n) is 3.54. The van der Waals surface area contributed by atoms with Gasteiger partial charge < -0.3 is 9.73 Å². The molecule has 0 saturated carbocycles. The first-order valence-corrected chi connectivity index (χ1v) is 9.48. The molecule has 3 aromatic heterocycles. The molecule has 0 aliphatic rings. The van der Waals surface area contributed by atoms with Gasteiger partial charge in [-0.25, -0.2) is 0 Å². The topological polar surface area (TPSA) is 85.3 Å². The van der Waals surface area contributed by atoms with Crippen molar-refractivity contribution < 1.29 is 9.21 Å². The second kappa shape index (κ2) is 7.59. The SMILES string of the molecule is O=C(CSc1nnc2ccc(-c3ccco3)nn12)Nc1ccc(Cl)c(Cl)c1. The number of carbonyl (C=O) groups is 1. The van der Waals surface area contributed by atoms with Crippen molar-refractivity contribution in [2.24, 2.45) is 0 Å². The number of halogens is 2. The lowest BCUT2D eigenvalue weighted by molar-refractivity contribution is -0.113. The van der Waals surface area contributed by atoms with Gasteiger partial charge >= 0.3 is 0 Å². The van der Waals surface area contributed by atoms with Gasteiger partial charge in [0.15, 0.2) is 11.4 Å². The van der Waals surface area contributed by atoms with Crippen LogP contribution in [0.4, 0.5) is 5.69 Å². The third kappa shape index (κ3) is 3.92. The Morgan fingerprint density at radius 2 is 2.04 bits per heavy atom. The second-order valence-corrected chi connectivity index (χ2v) is 7.17. The van der Waals surface area contributed by atoms with Gasteiger partial charge in [0, 0.05) is 5.69 Å². The summed E-state index contributed by atoms with van der Waals surface area (Å²) in [6.07, 6.45) is 1.58. The molecular formula is C17H11Cl2N5O2S. The molecule has 1 amide bonds. The molecule has 0 unspecified atom stereocenters. The van der Waals surface area contributed by atoms with Gasteiger partial charge in [0.1, 0.15) is 5.69 Å². The number of benzene rings is 1. The van der Waals surface area contributed by atoms with Crippen LogP contribution in [0.2, 0.25) is 10.0 Å². The summed E-state index contributed by atoms with van der Waals surface area (Å²) in [6, 6.07) is 12.1. The van der Waals surface area contributed by atoms with Crippen molar-refractivity contribution in [1.82, 2.24) is 19.8 Å². The van der Waals surface area contributed by atoms with Crippen LogP contribution >= 0.6 is 35.0 Å². The summed E-state index contributed by atoms with van der Waals surface area (Å²) in [5, 5.41) is 16.7. The molecule has 0 bridgehead atoms. The van der Waals surface area contributed by atoms with Gasteiger partial charge in [-0.3, -0.25) is 4.79 Å². The zero-order chi connectivity index (χ0) is 18.8. The Kier molecular flexibility index (Phi) is 5.02. The monoisotopic (exact) mass is 419 g/mol. The Balaban J connectivity index is 1.47. The van der Waals surface area contributed by atoms with Crippen LogP contribution in [-0.4, -0.2) is 31.5 Å². The summed E-state index contributed by atoms with van der Waals surface area (Å²) >= 11 is 13.0. The smallest absolute Gasteiger partial charge is 0.234 e. The lowest BCUT2D eigenvalue weighted by Crippen LogP contribution is -2.14. The Labute approximate surface area is 167 Å². The van der Waals surface area contributed by atoms with E-state index in [1.807, 2.05) is 6.07 Å². The summed E-state index contributed by atoms with van der Waals surface area (Å²) < 4.78 is 6.94. The number of nitrogens with zero attached hydrogens (tertiary/aromatic N) is 4. The molecular weight excluding hydrogens is 409 g/mol. The lowest BCUT2D eigenvalue weighted by Gasteiger charge is -2.06. The van der Waals surface area contributed by atoms with Crippen molar-refractivity contribution in [1.29, 1.82) is 0 Å². The largest absolute Gasteiger partial charge is 0.463 e. The van der Waals surface area contributed by atoms with Crippen LogP contribution in [0.3, 0.4) is 0 Å². The van der Waals surface area contributed by atoms with Crippen molar-refractivity contribution in [3.8, 4) is 11.5 Å². The van der Waals surface area contributed by atoms with E-state index in [0.717, 1.165) is 0 Å². The Hall–Kier alpha value is -2.55. The minimum Gasteiger partial charge on any atom is -0.463 e. The fourth-order valence-corrected chi connectivity index (χ4v) is 3.30. The molecule has 1 N–H and O–H groups in total. The van der Waals surface area contributed by atoms with E-state index in [0.29, 0.717) is 38.0 Å². The first kappa shape index (κ1) is 17.8. The highest BCUT2D eigenvalue weighted by Crippen LogP contribution is 2.25. The number of rotatable bonds is 5. The van der Waals surface area contributed by atoms with Gasteiger partial charge in [0.2, 0.25) is 11.1 Å². The van der Waals surface area contributed by atoms with Crippen molar-refractivity contribution >= 4 is 52.2 Å². The molecule has 0 aliphatic carbocycles. The van der Waals surface area contributed by atoms with E-state index in [1.54, 1.807) is 47.2 Å². The minimum absolute atomic E-state index is 0.133. The lowest BCUT2D eigenvalue weighted by atomic mass is 10.3. The maximum absolute atomic E-state index is 12.2. The molecule has 0 atom stereocenters. The molecule has 0 spiro atoms. The molecule has 136 valence electrons. The number of hydrogen-bond donors (Lipinski definition) is 1. The normalized spacial score (nSPS) is 11.0. The number of aromatic nitrogens is 4. The average Bonchev–Trinajstić information content (AvgIpc) is 3.32. The third-order valence-corrected chi connectivity index (χ3v) is 5.20. The van der Waals surface area contributed by atoms with Crippen LogP contribution in [-0.2, 0) is 4.79 Å². The van der Waals surface area contributed by atoms with E-state index >= 15 is 0 Å². The number of carbonyl (C=O) groups excluding carboxylic acids is 1. The van der Waals surface area contributed by atoms with Crippen LogP contribution in [0.15, 0.2) is 58.3 Å². The van der Waals surface area contributed by atoms with Crippen molar-refractivity contribution in [3.63, 3.8) is 0 Å². The van der Waals surface area contributed by atoms with Crippen LogP contribution in [0, 0.1) is 0 Å². The maximum Gasteiger partial charge on any atom is 0.234 e. The van der Waals surface area contributed by atoms with Gasteiger partial charge in [-0.2, -0.15) is 9.61 Å². The van der Waals surface area contributed by atoms with E-state index in [9.17, 15) is 4.79 Å². The summed E-state index contributed by atoms with van der Waals surface area (Å²) in [6.45, 7) is 0. The average molecular weight is 420 g/mol. The summed E-state index contributed by atoms with van der Waals surface area (Å²) in [5.74, 6) is 0.560. The van der Waals surface area contributed by atoms with Gasteiger partial charge in [-0.05, 0) is 42.5 Å². The summed E-state index contributed by atoms with van der Waals surface area (Å²) in [4.78, 5) is 12.2. The van der Waals surface area contributed by atoms with Gasteiger partial charge in [0.25, 0.3) is 0 Å². The van der Waals surface area contributed by atoms with Crippen molar-refractivity contribution in [3.05, 3.63) is 58.8 Å². The van der Waals surface area contributed by atoms with Crippen molar-refractivity contribution in [2.75, 3.05) is 11.1 Å². The predicted molar refractivity (Wildman–Crippen MR) is 104 cm³/mol. The maximum atomic E-state index is 12.2. The van der Waals surface area contributed by atoms with E-state index in [-0.39, 0.29) is 11.7 Å². The number of fused-ring (bicyclic) bond motifs is 1. The highest BCUT2D eigenvalue weighted by molar-refractivity contribution is 7.99. The van der Waals surface area contributed by atoms with Crippen molar-refractivity contribution in [2.45, 2.75) is 5.16 Å². The molecule has 0 saturated heterocycles. The number of nitrogens with one attached hydrogen (secondary N) is 1. The van der Waals surface area contributed by atoms with Gasteiger partial charge in [0.05, 0.1) is 22.1 Å². The molecule has 3 heterocycles. The van der Waals surface area contributed by atoms with E-state index in [1.165, 1.54) is 11.8 Å². The Morgan fingerprint density at radius 1 is 1.15 bits per heavy atom. The molecule has 0 fully saturated rings. The zero-order valence-corrected chi connectivity index (χ0v) is 15.9. The number of anilines is 1. The van der Waals surface area contributed by atoms with E-state index in [4.69, 9.17) is 27.6 Å². The number of amides is 1. The molecule has 4 rings (SSSR count). The van der Waals surface area contributed by atoms with Crippen LogP contribution in [0.1, 0.15) is 0 Å². The molecule has 10 heteroatoms. The first-order valence-electron chi connectivity index (χ1n) is 7.74. The minimum atomic E-state index is -0.211. The number of hydrogen-bond acceptors (Lipinski definition) is 6. The summed E-state index contributed by atoms with van der Waals surface area (Å²) in [7, 11) is 0. The van der Waals surface area contributed by atoms with Crippen LogP contribution < -0.4 is 5.32 Å². The molecule has 1 aromatic carbocycles. The molecule has 7 nitrogen and oxygen atoms in total. The predicted octanol–water partition coefficient (Wildman–Crippen LogP) is 4.42. The second-order valence-electron chi connectivity index (χ2n) is 5.41. The zero-order valence-electron chi connectivity index (χ0n) is 13.6. The molecule has 0 aliphatic heterocycles. The summed E-state index contributed by atoms with van der Waals surface area (Å²) in [5.41, 5.74) is 1.80. The van der Waals surface area contributed by atoms with E-state index < -0.39 is 0 Å². The van der Waals surface area contributed by atoms with Gasteiger partial charge in [-0.15, -0.1) is 10.2 Å². The van der Waals surface area contributed by atoms with Gasteiger partial charge in [-0.1, -0.05) is 35.0 Å².